The molecule has 0 aromatic carbocycles. The van der Waals surface area contributed by atoms with Crippen LogP contribution >= 0.6 is 35.3 Å². The minimum atomic E-state index is -0.0295. The zero-order valence-electron chi connectivity index (χ0n) is 8.69. The van der Waals surface area contributed by atoms with Gasteiger partial charge in [-0.1, -0.05) is 0 Å². The summed E-state index contributed by atoms with van der Waals surface area (Å²) in [6.45, 7) is 2.65. The van der Waals surface area contributed by atoms with Crippen LogP contribution in [0.1, 0.15) is 20.1 Å². The first kappa shape index (κ1) is 11.7. The van der Waals surface area contributed by atoms with Crippen molar-refractivity contribution in [2.75, 3.05) is 0 Å². The van der Waals surface area contributed by atoms with Crippen molar-refractivity contribution in [1.29, 1.82) is 0 Å². The highest BCUT2D eigenvalue weighted by Crippen LogP contribution is 2.18. The Morgan fingerprint density at radius 3 is 2.88 bits per heavy atom. The Bertz CT molecular complexity index is 501. The van der Waals surface area contributed by atoms with Gasteiger partial charge in [0.1, 0.15) is 0 Å². The van der Waals surface area contributed by atoms with Gasteiger partial charge in [-0.2, -0.15) is 0 Å². The van der Waals surface area contributed by atoms with Crippen molar-refractivity contribution in [3.05, 3.63) is 38.2 Å². The fourth-order valence-electron chi connectivity index (χ4n) is 1.28. The molecular formula is C11H11NOS3. The Morgan fingerprint density at radius 1 is 1.50 bits per heavy atom. The molecule has 0 aliphatic carbocycles. The van der Waals surface area contributed by atoms with E-state index in [0.29, 0.717) is 11.4 Å². The van der Waals surface area contributed by atoms with E-state index in [-0.39, 0.29) is 5.91 Å². The fourth-order valence-corrected chi connectivity index (χ4v) is 3.19. The van der Waals surface area contributed by atoms with Gasteiger partial charge in [0.15, 0.2) is 0 Å². The summed E-state index contributed by atoms with van der Waals surface area (Å²) in [4.78, 5) is 14.5. The number of amides is 1. The van der Waals surface area contributed by atoms with E-state index in [0.717, 1.165) is 4.90 Å². The van der Waals surface area contributed by atoms with Gasteiger partial charge in [0, 0.05) is 15.2 Å². The lowest BCUT2D eigenvalue weighted by Gasteiger charge is -2.02. The van der Waals surface area contributed by atoms with Crippen LogP contribution in [0.25, 0.3) is 0 Å². The smallest absolute Gasteiger partial charge is 0.261 e. The Morgan fingerprint density at radius 2 is 2.31 bits per heavy atom. The SMILES string of the molecule is Cc1ccsc1CNC(=O)c1cc(S)cs1. The van der Waals surface area contributed by atoms with Crippen molar-refractivity contribution in [1.82, 2.24) is 5.32 Å². The molecule has 2 heterocycles. The summed E-state index contributed by atoms with van der Waals surface area (Å²) in [5, 5.41) is 6.79. The molecule has 2 rings (SSSR count). The lowest BCUT2D eigenvalue weighted by Crippen LogP contribution is -2.21. The molecule has 84 valence electrons. The zero-order chi connectivity index (χ0) is 11.5. The summed E-state index contributed by atoms with van der Waals surface area (Å²) in [6, 6.07) is 3.84. The Hall–Kier alpha value is -0.780. The predicted octanol–water partition coefficient (Wildman–Crippen LogP) is 3.34. The maximum Gasteiger partial charge on any atom is 0.261 e. The van der Waals surface area contributed by atoms with Crippen molar-refractivity contribution in [3.8, 4) is 0 Å². The molecule has 0 aliphatic rings. The van der Waals surface area contributed by atoms with E-state index in [4.69, 9.17) is 0 Å². The molecule has 0 saturated carbocycles. The lowest BCUT2D eigenvalue weighted by atomic mass is 10.3. The van der Waals surface area contributed by atoms with Gasteiger partial charge in [-0.05, 0) is 30.0 Å². The maximum atomic E-state index is 11.7. The molecule has 2 aromatic heterocycles. The van der Waals surface area contributed by atoms with Crippen LogP contribution in [0, 0.1) is 6.92 Å². The number of thiophene rings is 2. The van der Waals surface area contributed by atoms with Crippen LogP contribution in [-0.2, 0) is 6.54 Å². The first-order valence-corrected chi connectivity index (χ1v) is 6.96. The fraction of sp³-hybridized carbons (Fsp3) is 0.182. The van der Waals surface area contributed by atoms with Crippen LogP contribution in [0.5, 0.6) is 0 Å². The van der Waals surface area contributed by atoms with Crippen molar-refractivity contribution in [2.24, 2.45) is 0 Å². The van der Waals surface area contributed by atoms with Gasteiger partial charge in [0.25, 0.3) is 5.91 Å². The van der Waals surface area contributed by atoms with Crippen LogP contribution in [0.4, 0.5) is 0 Å². The van der Waals surface area contributed by atoms with E-state index in [1.165, 1.54) is 21.8 Å². The molecule has 1 N–H and O–H groups in total. The first-order chi connectivity index (χ1) is 7.66. The number of nitrogens with one attached hydrogen (secondary N) is 1. The lowest BCUT2D eigenvalue weighted by molar-refractivity contribution is 0.0955. The first-order valence-electron chi connectivity index (χ1n) is 4.75. The van der Waals surface area contributed by atoms with E-state index in [2.05, 4.69) is 30.9 Å². The zero-order valence-corrected chi connectivity index (χ0v) is 11.2. The average Bonchev–Trinajstić information content (AvgIpc) is 2.84. The summed E-state index contributed by atoms with van der Waals surface area (Å²) in [5.74, 6) is -0.0295. The summed E-state index contributed by atoms with van der Waals surface area (Å²) in [7, 11) is 0. The number of rotatable bonds is 3. The maximum absolute atomic E-state index is 11.7. The normalized spacial score (nSPS) is 10.4. The summed E-state index contributed by atoms with van der Waals surface area (Å²) in [6.07, 6.45) is 0. The average molecular weight is 269 g/mol. The van der Waals surface area contributed by atoms with Crippen molar-refractivity contribution < 1.29 is 4.79 Å². The summed E-state index contributed by atoms with van der Waals surface area (Å²) in [5.41, 5.74) is 1.23. The predicted molar refractivity (Wildman–Crippen MR) is 71.8 cm³/mol. The van der Waals surface area contributed by atoms with Crippen molar-refractivity contribution in [3.63, 3.8) is 0 Å². The Kier molecular flexibility index (Phi) is 3.68. The van der Waals surface area contributed by atoms with Gasteiger partial charge >= 0.3 is 0 Å². The van der Waals surface area contributed by atoms with Gasteiger partial charge in [0.2, 0.25) is 0 Å². The van der Waals surface area contributed by atoms with Crippen LogP contribution in [-0.4, -0.2) is 5.91 Å². The van der Waals surface area contributed by atoms with Crippen LogP contribution < -0.4 is 5.32 Å². The van der Waals surface area contributed by atoms with Gasteiger partial charge in [-0.3, -0.25) is 4.79 Å². The number of thiol groups is 1. The van der Waals surface area contributed by atoms with Crippen LogP contribution in [0.3, 0.4) is 0 Å². The minimum Gasteiger partial charge on any atom is -0.346 e. The number of hydrogen-bond donors (Lipinski definition) is 2. The number of carbonyl (C=O) groups excluding carboxylic acids is 1. The monoisotopic (exact) mass is 269 g/mol. The second kappa shape index (κ2) is 5.03. The molecule has 0 radical (unpaired) electrons. The highest BCUT2D eigenvalue weighted by atomic mass is 32.1. The minimum absolute atomic E-state index is 0.0295. The molecule has 0 atom stereocenters. The van der Waals surface area contributed by atoms with Crippen LogP contribution in [0.2, 0.25) is 0 Å². The van der Waals surface area contributed by atoms with Gasteiger partial charge < -0.3 is 5.32 Å². The second-order valence-electron chi connectivity index (χ2n) is 3.38. The molecule has 5 heteroatoms. The Labute approximate surface area is 108 Å². The van der Waals surface area contributed by atoms with Gasteiger partial charge in [0.05, 0.1) is 11.4 Å². The molecule has 0 bridgehead atoms. The molecule has 0 saturated heterocycles. The standard InChI is InChI=1S/C11H11NOS3/c1-7-2-3-15-10(7)5-12-11(13)9-4-8(14)6-16-9/h2-4,6,14H,5H2,1H3,(H,12,13). The van der Waals surface area contributed by atoms with E-state index < -0.39 is 0 Å². The molecule has 2 aromatic rings. The highest BCUT2D eigenvalue weighted by Gasteiger charge is 2.08. The van der Waals surface area contributed by atoms with Crippen molar-refractivity contribution >= 4 is 41.2 Å². The summed E-state index contributed by atoms with van der Waals surface area (Å²) >= 11 is 7.26. The topological polar surface area (TPSA) is 29.1 Å². The molecule has 0 unspecified atom stereocenters. The third-order valence-corrected chi connectivity index (χ3v) is 4.57. The van der Waals surface area contributed by atoms with Crippen molar-refractivity contribution in [2.45, 2.75) is 18.4 Å². The largest absolute Gasteiger partial charge is 0.346 e. The molecule has 2 nitrogen and oxygen atoms in total. The molecule has 0 fully saturated rings. The molecule has 0 spiro atoms. The molecule has 16 heavy (non-hydrogen) atoms. The van der Waals surface area contributed by atoms with Crippen LogP contribution in [0.15, 0.2) is 27.8 Å². The second-order valence-corrected chi connectivity index (χ2v) is 5.81. The number of carbonyl (C=O) groups is 1. The van der Waals surface area contributed by atoms with Gasteiger partial charge in [-0.15, -0.1) is 35.3 Å². The quantitative estimate of drug-likeness (QED) is 0.822. The molecular weight excluding hydrogens is 258 g/mol. The van der Waals surface area contributed by atoms with E-state index in [1.54, 1.807) is 17.4 Å². The summed E-state index contributed by atoms with van der Waals surface area (Å²) < 4.78 is 0. The third kappa shape index (κ3) is 2.66. The molecule has 1 amide bonds. The number of aryl methyl sites for hydroxylation is 1. The third-order valence-electron chi connectivity index (χ3n) is 2.19. The van der Waals surface area contributed by atoms with E-state index >= 15 is 0 Å². The molecule has 0 aliphatic heterocycles. The van der Waals surface area contributed by atoms with Gasteiger partial charge in [-0.25, -0.2) is 0 Å². The van der Waals surface area contributed by atoms with E-state index in [9.17, 15) is 4.79 Å². The van der Waals surface area contributed by atoms with E-state index in [1.807, 2.05) is 10.8 Å². The highest BCUT2D eigenvalue weighted by molar-refractivity contribution is 7.80. The Balaban J connectivity index is 1.96. The number of hydrogen-bond acceptors (Lipinski definition) is 4.